The summed E-state index contributed by atoms with van der Waals surface area (Å²) in [4.78, 5) is 58.5. The van der Waals surface area contributed by atoms with E-state index in [2.05, 4.69) is 0 Å². The van der Waals surface area contributed by atoms with Gasteiger partial charge in [-0.2, -0.15) is 0 Å². The lowest BCUT2D eigenvalue weighted by atomic mass is 9.35. The summed E-state index contributed by atoms with van der Waals surface area (Å²) in [6, 6.07) is 16.2. The van der Waals surface area contributed by atoms with E-state index in [4.69, 9.17) is 18.9 Å². The van der Waals surface area contributed by atoms with E-state index in [1.807, 2.05) is 60.7 Å². The molecule has 0 aromatic heterocycles. The Morgan fingerprint density at radius 2 is 1.00 bits per heavy atom. The van der Waals surface area contributed by atoms with Crippen LogP contribution in [0.25, 0.3) is 0 Å². The lowest BCUT2D eigenvalue weighted by Crippen LogP contribution is -2.88. The van der Waals surface area contributed by atoms with Gasteiger partial charge in [-0.1, -0.05) is 72.8 Å². The predicted octanol–water partition coefficient (Wildman–Crippen LogP) is 4.60. The highest BCUT2D eigenvalue weighted by Gasteiger charge is 2.87. The molecule has 3 aliphatic rings. The molecule has 0 bridgehead atoms. The van der Waals surface area contributed by atoms with Gasteiger partial charge in [0.1, 0.15) is 10.8 Å². The van der Waals surface area contributed by atoms with E-state index >= 15 is 0 Å². The molecule has 0 spiro atoms. The molecule has 2 heterocycles. The zero-order valence-electron chi connectivity index (χ0n) is 24.0. The highest BCUT2D eigenvalue weighted by molar-refractivity contribution is 5.96. The summed E-state index contributed by atoms with van der Waals surface area (Å²) in [5.74, 6) is -2.73. The summed E-state index contributed by atoms with van der Waals surface area (Å²) in [6.07, 6.45) is 4.99. The van der Waals surface area contributed by atoms with E-state index in [0.29, 0.717) is 0 Å². The summed E-state index contributed by atoms with van der Waals surface area (Å²) in [5, 5.41) is 0. The number of hydrogen-bond donors (Lipinski definition) is 0. The van der Waals surface area contributed by atoms with Gasteiger partial charge < -0.3 is 18.9 Å². The van der Waals surface area contributed by atoms with Crippen LogP contribution in [-0.4, -0.2) is 73.4 Å². The molecular weight excluding hydrogens is 540 g/mol. The fraction of sp³-hybridized carbons (Fsp3) is 0.375. The summed E-state index contributed by atoms with van der Waals surface area (Å²) >= 11 is 0. The van der Waals surface area contributed by atoms with E-state index in [9.17, 15) is 19.2 Å². The number of methoxy groups -OCH3 is 2. The van der Waals surface area contributed by atoms with Gasteiger partial charge in [-0.25, -0.2) is 9.59 Å². The van der Waals surface area contributed by atoms with Crippen molar-refractivity contribution in [1.82, 2.24) is 9.80 Å². The highest BCUT2D eigenvalue weighted by Crippen LogP contribution is 2.72. The minimum atomic E-state index is -1.65. The first-order valence-electron chi connectivity index (χ1n) is 13.9. The maximum Gasteiger partial charge on any atom is 0.413 e. The van der Waals surface area contributed by atoms with Crippen molar-refractivity contribution in [1.29, 1.82) is 0 Å². The normalized spacial score (nSPS) is 29.0. The number of nitrogens with zero attached hydrogens (tertiary/aromatic N) is 2. The standard InChI is InChI=1S/C32H34N2O8/c1-5-41-27(35)31-23(21-13-9-7-10-14-21)17-19-33(29(37)39-3)25(31)32(28(36)42-6-2)24(22-15-11-8-12-16-22)18-20-34(26(31)32)30(38)40-4/h7-20,23-26H,5-6H2,1-4H3/t23-,24+,25?,26?,31?,32?. The third-order valence-corrected chi connectivity index (χ3v) is 8.62. The molecule has 10 heteroatoms. The summed E-state index contributed by atoms with van der Waals surface area (Å²) in [5.41, 5.74) is -1.83. The third-order valence-electron chi connectivity index (χ3n) is 8.62. The van der Waals surface area contributed by atoms with Crippen molar-refractivity contribution in [3.63, 3.8) is 0 Å². The van der Waals surface area contributed by atoms with Crippen molar-refractivity contribution in [2.45, 2.75) is 37.8 Å². The average Bonchev–Trinajstić information content (AvgIpc) is 3.02. The molecule has 220 valence electrons. The molecule has 0 radical (unpaired) electrons. The third kappa shape index (κ3) is 3.92. The highest BCUT2D eigenvalue weighted by atomic mass is 16.6. The number of amides is 2. The van der Waals surface area contributed by atoms with Crippen LogP contribution in [0.15, 0.2) is 85.2 Å². The van der Waals surface area contributed by atoms with Crippen LogP contribution in [0.2, 0.25) is 0 Å². The monoisotopic (exact) mass is 574 g/mol. The number of carbonyl (C=O) groups is 4. The van der Waals surface area contributed by atoms with Crippen LogP contribution in [0.4, 0.5) is 9.59 Å². The molecule has 5 rings (SSSR count). The first-order chi connectivity index (χ1) is 20.3. The first-order valence-corrected chi connectivity index (χ1v) is 13.9. The fourth-order valence-electron chi connectivity index (χ4n) is 7.29. The second kappa shape index (κ2) is 11.3. The Labute approximate surface area is 244 Å². The van der Waals surface area contributed by atoms with Crippen LogP contribution in [0.5, 0.6) is 0 Å². The summed E-state index contributed by atoms with van der Waals surface area (Å²) in [7, 11) is 2.46. The molecule has 1 aliphatic carbocycles. The van der Waals surface area contributed by atoms with Gasteiger partial charge in [-0.3, -0.25) is 19.4 Å². The van der Waals surface area contributed by atoms with Crippen LogP contribution in [0, 0.1) is 10.8 Å². The lowest BCUT2D eigenvalue weighted by Gasteiger charge is -2.73. The largest absolute Gasteiger partial charge is 0.465 e. The molecule has 6 atom stereocenters. The van der Waals surface area contributed by atoms with E-state index in [-0.39, 0.29) is 13.2 Å². The van der Waals surface area contributed by atoms with Gasteiger partial charge in [0.2, 0.25) is 0 Å². The van der Waals surface area contributed by atoms with Crippen molar-refractivity contribution < 1.29 is 38.1 Å². The molecule has 2 aromatic rings. The van der Waals surface area contributed by atoms with Gasteiger partial charge in [0.25, 0.3) is 0 Å². The molecule has 4 unspecified atom stereocenters. The van der Waals surface area contributed by atoms with Crippen molar-refractivity contribution in [3.05, 3.63) is 96.3 Å². The smallest absolute Gasteiger partial charge is 0.413 e. The maximum absolute atomic E-state index is 14.5. The topological polar surface area (TPSA) is 112 Å². The number of esters is 2. The zero-order valence-corrected chi connectivity index (χ0v) is 24.0. The molecule has 2 amide bonds. The van der Waals surface area contributed by atoms with Crippen LogP contribution in [-0.2, 0) is 28.5 Å². The molecule has 1 saturated carbocycles. The lowest BCUT2D eigenvalue weighted by molar-refractivity contribution is -0.239. The Balaban J connectivity index is 1.91. The number of rotatable bonds is 6. The quantitative estimate of drug-likeness (QED) is 0.364. The molecule has 0 saturated heterocycles. The SMILES string of the molecule is CCOC(=O)C12C(N(C(=O)OC)C=C[C@@H]1c1ccccc1)C1(C(=O)OCC)C2N(C(=O)OC)C=C[C@H]1c1ccccc1. The van der Waals surface area contributed by atoms with Crippen LogP contribution in [0.1, 0.15) is 36.8 Å². The second-order valence-electron chi connectivity index (χ2n) is 10.3. The van der Waals surface area contributed by atoms with E-state index in [1.165, 1.54) is 24.0 Å². The van der Waals surface area contributed by atoms with Gasteiger partial charge in [0, 0.05) is 24.2 Å². The average molecular weight is 575 g/mol. The van der Waals surface area contributed by atoms with Gasteiger partial charge in [-0.05, 0) is 25.0 Å². The van der Waals surface area contributed by atoms with E-state index in [0.717, 1.165) is 11.1 Å². The first kappa shape index (κ1) is 28.9. The summed E-state index contributed by atoms with van der Waals surface area (Å²) in [6.45, 7) is 3.43. The Morgan fingerprint density at radius 3 is 1.31 bits per heavy atom. The predicted molar refractivity (Wildman–Crippen MR) is 151 cm³/mol. The minimum Gasteiger partial charge on any atom is -0.465 e. The molecule has 2 aliphatic heterocycles. The number of fused-ring (bicyclic) bond motifs is 4. The number of allylic oxidation sites excluding steroid dienone is 2. The summed E-state index contributed by atoms with van der Waals surface area (Å²) < 4.78 is 21.9. The molecular formula is C32H34N2O8. The Morgan fingerprint density at radius 1 is 0.643 bits per heavy atom. The van der Waals surface area contributed by atoms with Crippen LogP contribution >= 0.6 is 0 Å². The van der Waals surface area contributed by atoms with Crippen LogP contribution in [0.3, 0.4) is 0 Å². The minimum absolute atomic E-state index is 0.0338. The molecule has 42 heavy (non-hydrogen) atoms. The van der Waals surface area contributed by atoms with Gasteiger partial charge in [0.05, 0.1) is 39.5 Å². The van der Waals surface area contributed by atoms with Crippen molar-refractivity contribution in [2.24, 2.45) is 10.8 Å². The fourth-order valence-corrected chi connectivity index (χ4v) is 7.29. The maximum atomic E-state index is 14.5. The molecule has 0 N–H and O–H groups in total. The van der Waals surface area contributed by atoms with Gasteiger partial charge in [-0.15, -0.1) is 0 Å². The Kier molecular flexibility index (Phi) is 7.81. The van der Waals surface area contributed by atoms with Crippen LogP contribution < -0.4 is 0 Å². The molecule has 10 nitrogen and oxygen atoms in total. The number of hydrogen-bond acceptors (Lipinski definition) is 8. The second-order valence-corrected chi connectivity index (χ2v) is 10.3. The van der Waals surface area contributed by atoms with Gasteiger partial charge >= 0.3 is 24.1 Å². The Hall–Kier alpha value is -4.60. The van der Waals surface area contributed by atoms with Crippen molar-refractivity contribution in [3.8, 4) is 0 Å². The number of ether oxygens (including phenoxy) is 4. The van der Waals surface area contributed by atoms with Crippen molar-refractivity contribution in [2.75, 3.05) is 27.4 Å². The Bertz CT molecular complexity index is 1290. The van der Waals surface area contributed by atoms with E-state index < -0.39 is 58.9 Å². The zero-order chi connectivity index (χ0) is 30.1. The van der Waals surface area contributed by atoms with Crippen molar-refractivity contribution >= 4 is 24.1 Å². The van der Waals surface area contributed by atoms with E-state index in [1.54, 1.807) is 38.4 Å². The molecule has 2 aromatic carbocycles. The van der Waals surface area contributed by atoms with Gasteiger partial charge in [0.15, 0.2) is 0 Å². The number of benzene rings is 2. The molecule has 1 fully saturated rings. The number of carbonyl (C=O) groups excluding carboxylic acids is 4.